The van der Waals surface area contributed by atoms with Crippen LogP contribution in [0, 0.1) is 6.92 Å². The van der Waals surface area contributed by atoms with Gasteiger partial charge >= 0.3 is 0 Å². The molecular weight excluding hydrogens is 252 g/mol. The fourth-order valence-corrected chi connectivity index (χ4v) is 1.97. The first-order valence-electron chi connectivity index (χ1n) is 6.72. The molecule has 0 bridgehead atoms. The molecule has 5 heteroatoms. The van der Waals surface area contributed by atoms with Gasteiger partial charge in [0.25, 0.3) is 0 Å². The van der Waals surface area contributed by atoms with Crippen molar-refractivity contribution in [2.45, 2.75) is 19.9 Å². The average Bonchev–Trinajstić information content (AvgIpc) is 2.77. The van der Waals surface area contributed by atoms with Crippen LogP contribution in [-0.4, -0.2) is 29.3 Å². The monoisotopic (exact) mass is 272 g/mol. The molecule has 0 aliphatic carbocycles. The first-order valence-corrected chi connectivity index (χ1v) is 6.72. The van der Waals surface area contributed by atoms with Crippen LogP contribution in [0.1, 0.15) is 17.7 Å². The number of aromatic nitrogens is 2. The highest BCUT2D eigenvalue weighted by atomic mass is 16.1. The van der Waals surface area contributed by atoms with Crippen molar-refractivity contribution >= 4 is 11.7 Å². The molecule has 0 unspecified atom stereocenters. The van der Waals surface area contributed by atoms with E-state index in [1.54, 1.807) is 0 Å². The third-order valence-electron chi connectivity index (χ3n) is 2.95. The summed E-state index contributed by atoms with van der Waals surface area (Å²) in [4.78, 5) is 11.8. The maximum atomic E-state index is 11.8. The summed E-state index contributed by atoms with van der Waals surface area (Å²) in [7, 11) is 1.83. The van der Waals surface area contributed by atoms with E-state index in [4.69, 9.17) is 0 Å². The Morgan fingerprint density at radius 3 is 2.75 bits per heavy atom. The molecule has 2 rings (SSSR count). The fourth-order valence-electron chi connectivity index (χ4n) is 1.97. The van der Waals surface area contributed by atoms with Gasteiger partial charge in [0.05, 0.1) is 12.2 Å². The SMILES string of the molecule is CNCCC(=O)Nc1cc(C)nn1Cc1ccccc1. The molecule has 2 N–H and O–H groups in total. The van der Waals surface area contributed by atoms with Gasteiger partial charge in [0.1, 0.15) is 5.82 Å². The summed E-state index contributed by atoms with van der Waals surface area (Å²) in [6.45, 7) is 3.23. The molecule has 0 aliphatic rings. The topological polar surface area (TPSA) is 59.0 Å². The minimum atomic E-state index is -0.00596. The number of nitrogens with zero attached hydrogens (tertiary/aromatic N) is 2. The summed E-state index contributed by atoms with van der Waals surface area (Å²) in [5, 5.41) is 10.3. The Hall–Kier alpha value is -2.14. The van der Waals surface area contributed by atoms with Crippen molar-refractivity contribution in [3.05, 3.63) is 47.7 Å². The lowest BCUT2D eigenvalue weighted by Gasteiger charge is -2.09. The molecule has 0 spiro atoms. The Morgan fingerprint density at radius 1 is 1.30 bits per heavy atom. The Labute approximate surface area is 119 Å². The van der Waals surface area contributed by atoms with Crippen molar-refractivity contribution in [2.24, 2.45) is 0 Å². The Balaban J connectivity index is 2.08. The van der Waals surface area contributed by atoms with Crippen LogP contribution >= 0.6 is 0 Å². The maximum Gasteiger partial charge on any atom is 0.226 e. The lowest BCUT2D eigenvalue weighted by Crippen LogP contribution is -2.20. The molecular formula is C15H20N4O. The zero-order chi connectivity index (χ0) is 14.4. The zero-order valence-electron chi connectivity index (χ0n) is 11.9. The summed E-state index contributed by atoms with van der Waals surface area (Å²) < 4.78 is 1.82. The standard InChI is InChI=1S/C15H20N4O/c1-12-10-14(17-15(20)8-9-16-2)19(18-12)11-13-6-4-3-5-7-13/h3-7,10,16H,8-9,11H2,1-2H3,(H,17,20). The zero-order valence-corrected chi connectivity index (χ0v) is 11.9. The van der Waals surface area contributed by atoms with Crippen LogP contribution in [0.3, 0.4) is 0 Å². The molecule has 0 saturated carbocycles. The third kappa shape index (κ3) is 3.93. The number of carbonyl (C=O) groups excluding carboxylic acids is 1. The van der Waals surface area contributed by atoms with Crippen molar-refractivity contribution in [3.8, 4) is 0 Å². The number of nitrogens with one attached hydrogen (secondary N) is 2. The van der Waals surface area contributed by atoms with Crippen molar-refractivity contribution < 1.29 is 4.79 Å². The Bertz CT molecular complexity index is 563. The second kappa shape index (κ2) is 6.86. The fraction of sp³-hybridized carbons (Fsp3) is 0.333. The van der Waals surface area contributed by atoms with Crippen LogP contribution in [0.15, 0.2) is 36.4 Å². The number of hydrogen-bond donors (Lipinski definition) is 2. The summed E-state index contributed by atoms with van der Waals surface area (Å²) in [5.41, 5.74) is 2.05. The average molecular weight is 272 g/mol. The van der Waals surface area contributed by atoms with Crippen LogP contribution in [0.2, 0.25) is 0 Å². The number of amides is 1. The normalized spacial score (nSPS) is 10.5. The van der Waals surface area contributed by atoms with E-state index in [1.807, 2.05) is 55.1 Å². The van der Waals surface area contributed by atoms with Gasteiger partial charge < -0.3 is 10.6 Å². The van der Waals surface area contributed by atoms with Gasteiger partial charge in [0.2, 0.25) is 5.91 Å². The molecule has 0 atom stereocenters. The summed E-state index contributed by atoms with van der Waals surface area (Å²) >= 11 is 0. The Kier molecular flexibility index (Phi) is 4.90. The van der Waals surface area contributed by atoms with Gasteiger partial charge in [0.15, 0.2) is 0 Å². The molecule has 0 fully saturated rings. The molecule has 1 amide bonds. The summed E-state index contributed by atoms with van der Waals surface area (Å²) in [6.07, 6.45) is 0.450. The van der Waals surface area contributed by atoms with Crippen molar-refractivity contribution in [1.29, 1.82) is 0 Å². The lowest BCUT2D eigenvalue weighted by molar-refractivity contribution is -0.116. The molecule has 0 radical (unpaired) electrons. The van der Waals surface area contributed by atoms with Crippen molar-refractivity contribution in [1.82, 2.24) is 15.1 Å². The highest BCUT2D eigenvalue weighted by Gasteiger charge is 2.09. The van der Waals surface area contributed by atoms with Gasteiger partial charge in [-0.1, -0.05) is 30.3 Å². The van der Waals surface area contributed by atoms with Crippen LogP contribution < -0.4 is 10.6 Å². The van der Waals surface area contributed by atoms with E-state index in [0.29, 0.717) is 19.5 Å². The number of hydrogen-bond acceptors (Lipinski definition) is 3. The predicted molar refractivity (Wildman–Crippen MR) is 79.7 cm³/mol. The molecule has 106 valence electrons. The van der Waals surface area contributed by atoms with Crippen molar-refractivity contribution in [3.63, 3.8) is 0 Å². The van der Waals surface area contributed by atoms with Crippen LogP contribution in [0.4, 0.5) is 5.82 Å². The number of carbonyl (C=O) groups is 1. The second-order valence-corrected chi connectivity index (χ2v) is 4.72. The van der Waals surface area contributed by atoms with Crippen LogP contribution in [0.25, 0.3) is 0 Å². The number of rotatable bonds is 6. The van der Waals surface area contributed by atoms with Gasteiger partial charge in [-0.3, -0.25) is 4.79 Å². The molecule has 5 nitrogen and oxygen atoms in total. The van der Waals surface area contributed by atoms with E-state index in [1.165, 1.54) is 0 Å². The molecule has 2 aromatic rings. The van der Waals surface area contributed by atoms with Crippen LogP contribution in [-0.2, 0) is 11.3 Å². The molecule has 1 aromatic carbocycles. The van der Waals surface area contributed by atoms with E-state index >= 15 is 0 Å². The van der Waals surface area contributed by atoms with Gasteiger partial charge in [-0.15, -0.1) is 0 Å². The highest BCUT2D eigenvalue weighted by Crippen LogP contribution is 2.13. The predicted octanol–water partition coefficient (Wildman–Crippen LogP) is 1.79. The summed E-state index contributed by atoms with van der Waals surface area (Å²) in [6, 6.07) is 12.0. The van der Waals surface area contributed by atoms with E-state index in [-0.39, 0.29) is 5.91 Å². The van der Waals surface area contributed by atoms with E-state index in [2.05, 4.69) is 15.7 Å². The Morgan fingerprint density at radius 2 is 2.05 bits per heavy atom. The number of anilines is 1. The van der Waals surface area contributed by atoms with Gasteiger partial charge in [-0.2, -0.15) is 5.10 Å². The maximum absolute atomic E-state index is 11.8. The van der Waals surface area contributed by atoms with Crippen LogP contribution in [0.5, 0.6) is 0 Å². The molecule has 1 heterocycles. The molecule has 0 saturated heterocycles. The third-order valence-corrected chi connectivity index (χ3v) is 2.95. The second-order valence-electron chi connectivity index (χ2n) is 4.72. The van der Waals surface area contributed by atoms with E-state index < -0.39 is 0 Å². The quantitative estimate of drug-likeness (QED) is 0.843. The van der Waals surface area contributed by atoms with Gasteiger partial charge in [-0.25, -0.2) is 4.68 Å². The van der Waals surface area contributed by atoms with E-state index in [0.717, 1.165) is 17.1 Å². The van der Waals surface area contributed by atoms with Gasteiger partial charge in [-0.05, 0) is 19.5 Å². The van der Waals surface area contributed by atoms with Crippen molar-refractivity contribution in [2.75, 3.05) is 18.9 Å². The summed E-state index contributed by atoms with van der Waals surface area (Å²) in [5.74, 6) is 0.737. The molecule has 20 heavy (non-hydrogen) atoms. The minimum absolute atomic E-state index is 0.00596. The first-order chi connectivity index (χ1) is 9.69. The molecule has 1 aromatic heterocycles. The number of aryl methyl sites for hydroxylation is 1. The first kappa shape index (κ1) is 14.3. The van der Waals surface area contributed by atoms with Gasteiger partial charge in [0, 0.05) is 19.0 Å². The molecule has 0 aliphatic heterocycles. The minimum Gasteiger partial charge on any atom is -0.319 e. The van der Waals surface area contributed by atoms with E-state index in [9.17, 15) is 4.79 Å². The highest BCUT2D eigenvalue weighted by molar-refractivity contribution is 5.90. The lowest BCUT2D eigenvalue weighted by atomic mass is 10.2. The number of benzene rings is 1. The largest absolute Gasteiger partial charge is 0.319 e. The smallest absolute Gasteiger partial charge is 0.226 e.